The molecule has 0 saturated carbocycles. The fourth-order valence-corrected chi connectivity index (χ4v) is 3.43. The number of rotatable bonds is 11. The highest BCUT2D eigenvalue weighted by Crippen LogP contribution is 1.97. The SMILES string of the molecule is CCC(=O)OCC1CNCCN[C@@H](COC(=O)CC)CN[C@H](COC(C)=O)CN[C@@H](COC(=O)CC)CN1. The Balaban J connectivity index is 2.97. The molecular formula is C25H47N5O8. The first-order chi connectivity index (χ1) is 18.3. The van der Waals surface area contributed by atoms with Crippen LogP contribution in [0.2, 0.25) is 0 Å². The van der Waals surface area contributed by atoms with Crippen LogP contribution in [-0.2, 0) is 38.1 Å². The van der Waals surface area contributed by atoms with E-state index in [1.54, 1.807) is 20.8 Å². The molecule has 1 saturated heterocycles. The molecule has 0 radical (unpaired) electrons. The molecule has 0 aromatic carbocycles. The zero-order valence-electron chi connectivity index (χ0n) is 23.3. The molecule has 1 rings (SSSR count). The van der Waals surface area contributed by atoms with Crippen LogP contribution in [0.4, 0.5) is 0 Å². The Morgan fingerprint density at radius 1 is 0.553 bits per heavy atom. The van der Waals surface area contributed by atoms with E-state index in [0.717, 1.165) is 0 Å². The van der Waals surface area contributed by atoms with E-state index >= 15 is 0 Å². The van der Waals surface area contributed by atoms with Gasteiger partial charge in [-0.25, -0.2) is 0 Å². The lowest BCUT2D eigenvalue weighted by Crippen LogP contribution is -2.53. The van der Waals surface area contributed by atoms with Crippen molar-refractivity contribution in [1.82, 2.24) is 26.6 Å². The highest BCUT2D eigenvalue weighted by Gasteiger charge is 2.20. The third-order valence-electron chi connectivity index (χ3n) is 5.77. The summed E-state index contributed by atoms with van der Waals surface area (Å²) in [5, 5.41) is 16.9. The predicted octanol–water partition coefficient (Wildman–Crippen LogP) is -1.15. The summed E-state index contributed by atoms with van der Waals surface area (Å²) in [7, 11) is 0. The summed E-state index contributed by atoms with van der Waals surface area (Å²) < 4.78 is 21.3. The Bertz CT molecular complexity index is 711. The fraction of sp³-hybridized carbons (Fsp3) is 0.840. The Kier molecular flexibility index (Phi) is 18.3. The van der Waals surface area contributed by atoms with Crippen molar-refractivity contribution in [3.8, 4) is 0 Å². The summed E-state index contributed by atoms with van der Waals surface area (Å²) in [5.74, 6) is -1.25. The molecule has 0 aromatic heterocycles. The van der Waals surface area contributed by atoms with Crippen LogP contribution in [0.25, 0.3) is 0 Å². The number of nitrogens with one attached hydrogen (secondary N) is 5. The molecule has 1 heterocycles. The number of carbonyl (C=O) groups is 4. The van der Waals surface area contributed by atoms with Crippen molar-refractivity contribution in [2.75, 3.05) is 65.7 Å². The number of carbonyl (C=O) groups excluding carboxylic acids is 4. The second-order valence-corrected chi connectivity index (χ2v) is 9.08. The first-order valence-corrected chi connectivity index (χ1v) is 13.5. The maximum Gasteiger partial charge on any atom is 0.305 e. The Morgan fingerprint density at radius 3 is 1.32 bits per heavy atom. The van der Waals surface area contributed by atoms with Gasteiger partial charge in [0.05, 0.1) is 24.2 Å². The van der Waals surface area contributed by atoms with E-state index in [1.165, 1.54) is 6.92 Å². The molecule has 13 nitrogen and oxygen atoms in total. The summed E-state index contributed by atoms with van der Waals surface area (Å²) in [6, 6.07) is -0.837. The van der Waals surface area contributed by atoms with Gasteiger partial charge in [-0.05, 0) is 0 Å². The number of hydrogen-bond acceptors (Lipinski definition) is 13. The normalized spacial score (nSPS) is 23.8. The van der Waals surface area contributed by atoms with E-state index in [9.17, 15) is 19.2 Å². The van der Waals surface area contributed by atoms with Crippen molar-refractivity contribution in [2.24, 2.45) is 0 Å². The largest absolute Gasteiger partial charge is 0.464 e. The van der Waals surface area contributed by atoms with Gasteiger partial charge in [0.25, 0.3) is 0 Å². The molecule has 4 atom stereocenters. The first kappa shape index (κ1) is 33.7. The van der Waals surface area contributed by atoms with Gasteiger partial charge in [0.2, 0.25) is 0 Å². The van der Waals surface area contributed by atoms with Gasteiger partial charge in [0.1, 0.15) is 26.4 Å². The van der Waals surface area contributed by atoms with Crippen molar-refractivity contribution >= 4 is 23.9 Å². The molecule has 1 aliphatic rings. The molecule has 0 aromatic rings. The van der Waals surface area contributed by atoms with Gasteiger partial charge in [0, 0.05) is 65.5 Å². The lowest BCUT2D eigenvalue weighted by Gasteiger charge is -2.27. The van der Waals surface area contributed by atoms with Crippen LogP contribution in [0.15, 0.2) is 0 Å². The molecule has 0 bridgehead atoms. The van der Waals surface area contributed by atoms with Gasteiger partial charge in [0.15, 0.2) is 0 Å². The van der Waals surface area contributed by atoms with Gasteiger partial charge < -0.3 is 45.5 Å². The average molecular weight is 546 g/mol. The smallest absolute Gasteiger partial charge is 0.305 e. The van der Waals surface area contributed by atoms with Crippen molar-refractivity contribution < 1.29 is 38.1 Å². The molecular weight excluding hydrogens is 498 g/mol. The van der Waals surface area contributed by atoms with E-state index < -0.39 is 0 Å². The summed E-state index contributed by atoms with van der Waals surface area (Å²) in [6.07, 6.45) is 0.858. The van der Waals surface area contributed by atoms with Crippen molar-refractivity contribution in [2.45, 2.75) is 71.1 Å². The quantitative estimate of drug-likeness (QED) is 0.156. The second-order valence-electron chi connectivity index (χ2n) is 9.08. The molecule has 0 spiro atoms. The molecule has 13 heteroatoms. The minimum Gasteiger partial charge on any atom is -0.464 e. The van der Waals surface area contributed by atoms with E-state index in [4.69, 9.17) is 18.9 Å². The molecule has 0 aliphatic carbocycles. The molecule has 0 amide bonds. The molecule has 1 unspecified atom stereocenters. The lowest BCUT2D eigenvalue weighted by molar-refractivity contribution is -0.145. The lowest BCUT2D eigenvalue weighted by atomic mass is 10.2. The Morgan fingerprint density at radius 2 is 0.921 bits per heavy atom. The minimum absolute atomic E-state index is 0.135. The van der Waals surface area contributed by atoms with E-state index in [2.05, 4.69) is 26.6 Å². The summed E-state index contributed by atoms with van der Waals surface area (Å²) in [6.45, 7) is 10.3. The predicted molar refractivity (Wildman–Crippen MR) is 140 cm³/mol. The topological polar surface area (TPSA) is 165 Å². The zero-order valence-corrected chi connectivity index (χ0v) is 23.3. The van der Waals surface area contributed by atoms with Crippen LogP contribution in [-0.4, -0.2) is 114 Å². The number of ether oxygens (including phenoxy) is 4. The van der Waals surface area contributed by atoms with Crippen LogP contribution < -0.4 is 26.6 Å². The molecule has 5 N–H and O–H groups in total. The number of esters is 4. The van der Waals surface area contributed by atoms with Gasteiger partial charge >= 0.3 is 23.9 Å². The van der Waals surface area contributed by atoms with E-state index in [-0.39, 0.29) is 80.9 Å². The van der Waals surface area contributed by atoms with Crippen LogP contribution in [0.3, 0.4) is 0 Å². The van der Waals surface area contributed by atoms with Crippen LogP contribution in [0.5, 0.6) is 0 Å². The Hall–Kier alpha value is -2.32. The maximum absolute atomic E-state index is 11.8. The fourth-order valence-electron chi connectivity index (χ4n) is 3.43. The van der Waals surface area contributed by atoms with E-state index in [0.29, 0.717) is 52.1 Å². The van der Waals surface area contributed by atoms with Crippen LogP contribution >= 0.6 is 0 Å². The second kappa shape index (κ2) is 20.6. The summed E-state index contributed by atoms with van der Waals surface area (Å²) in [4.78, 5) is 46.7. The van der Waals surface area contributed by atoms with Crippen LogP contribution in [0, 0.1) is 0 Å². The first-order valence-electron chi connectivity index (χ1n) is 13.5. The van der Waals surface area contributed by atoms with Gasteiger partial charge in [-0.1, -0.05) is 20.8 Å². The summed E-state index contributed by atoms with van der Waals surface area (Å²) in [5.41, 5.74) is 0. The highest BCUT2D eigenvalue weighted by atomic mass is 16.5. The Labute approximate surface area is 225 Å². The van der Waals surface area contributed by atoms with Crippen molar-refractivity contribution in [3.63, 3.8) is 0 Å². The van der Waals surface area contributed by atoms with E-state index in [1.807, 2.05) is 0 Å². The average Bonchev–Trinajstić information content (AvgIpc) is 2.92. The highest BCUT2D eigenvalue weighted by molar-refractivity contribution is 5.69. The van der Waals surface area contributed by atoms with Gasteiger partial charge in [-0.3, -0.25) is 19.2 Å². The monoisotopic (exact) mass is 545 g/mol. The molecule has 1 aliphatic heterocycles. The number of hydrogen-bond donors (Lipinski definition) is 5. The van der Waals surface area contributed by atoms with Crippen molar-refractivity contribution in [3.05, 3.63) is 0 Å². The third kappa shape index (κ3) is 16.5. The standard InChI is InChI=1S/C25H47N5O8/c1-5-23(32)36-15-19-10-26-8-9-27-20(16-37-24(33)6-2)11-29-21(14-35-18(4)31)12-30-22(13-28-19)17-38-25(34)7-3/h19-22,26-30H,5-17H2,1-4H3/t19?,20-,21+,22-/m1/s1. The minimum atomic E-state index is -0.389. The van der Waals surface area contributed by atoms with Gasteiger partial charge in [-0.2, -0.15) is 0 Å². The third-order valence-corrected chi connectivity index (χ3v) is 5.77. The molecule has 220 valence electrons. The van der Waals surface area contributed by atoms with Crippen LogP contribution in [0.1, 0.15) is 47.0 Å². The molecule has 1 fully saturated rings. The summed E-state index contributed by atoms with van der Waals surface area (Å²) >= 11 is 0. The maximum atomic E-state index is 11.8. The van der Waals surface area contributed by atoms with Crippen molar-refractivity contribution in [1.29, 1.82) is 0 Å². The molecule has 38 heavy (non-hydrogen) atoms. The van der Waals surface area contributed by atoms with Gasteiger partial charge in [-0.15, -0.1) is 0 Å². The zero-order chi connectivity index (χ0) is 28.2.